The van der Waals surface area contributed by atoms with E-state index in [-0.39, 0.29) is 23.9 Å². The minimum atomic E-state index is -0.278. The average molecular weight is 291 g/mol. The van der Waals surface area contributed by atoms with Gasteiger partial charge in [-0.25, -0.2) is 0 Å². The molecule has 0 heterocycles. The monoisotopic (exact) mass is 291 g/mol. The summed E-state index contributed by atoms with van der Waals surface area (Å²) in [6, 6.07) is 6.59. The van der Waals surface area contributed by atoms with Gasteiger partial charge in [-0.1, -0.05) is 20.8 Å². The Morgan fingerprint density at radius 1 is 1.05 bits per heavy atom. The van der Waals surface area contributed by atoms with Gasteiger partial charge in [0, 0.05) is 16.8 Å². The van der Waals surface area contributed by atoms with Gasteiger partial charge in [-0.3, -0.25) is 9.59 Å². The Bertz CT molecular complexity index is 471. The summed E-state index contributed by atoms with van der Waals surface area (Å²) >= 11 is 0. The van der Waals surface area contributed by atoms with Crippen molar-refractivity contribution in [2.45, 2.75) is 45.6 Å². The fourth-order valence-corrected chi connectivity index (χ4v) is 2.25. The number of anilines is 1. The van der Waals surface area contributed by atoms with Crippen LogP contribution in [0.25, 0.3) is 0 Å². The van der Waals surface area contributed by atoms with Crippen LogP contribution in [0, 0.1) is 0 Å². The van der Waals surface area contributed by atoms with Crippen LogP contribution in [-0.4, -0.2) is 23.9 Å². The van der Waals surface area contributed by atoms with Gasteiger partial charge in [-0.2, -0.15) is 0 Å². The second kappa shape index (κ2) is 7.67. The number of benzene rings is 1. The first-order valence-electron chi connectivity index (χ1n) is 7.41. The number of hydrogen-bond acceptors (Lipinski definition) is 3. The standard InChI is InChI=1S/C16H25N3O2/c1-4-16(5-2,6-3)19-14(20)11-18-15(21)12-7-9-13(17)10-8-12/h7-10H,4-6,11,17H2,1-3H3,(H,18,21)(H,19,20). The molecule has 1 aromatic carbocycles. The second-order valence-electron chi connectivity index (χ2n) is 5.19. The smallest absolute Gasteiger partial charge is 0.251 e. The van der Waals surface area contributed by atoms with E-state index in [0.717, 1.165) is 19.3 Å². The highest BCUT2D eigenvalue weighted by molar-refractivity contribution is 5.96. The summed E-state index contributed by atoms with van der Waals surface area (Å²) in [6.45, 7) is 6.14. The summed E-state index contributed by atoms with van der Waals surface area (Å²) in [5, 5.41) is 5.64. The van der Waals surface area contributed by atoms with Gasteiger partial charge in [0.1, 0.15) is 0 Å². The summed E-state index contributed by atoms with van der Waals surface area (Å²) in [4.78, 5) is 23.9. The maximum Gasteiger partial charge on any atom is 0.251 e. The minimum absolute atomic E-state index is 0.0229. The van der Waals surface area contributed by atoms with Crippen LogP contribution < -0.4 is 16.4 Å². The molecule has 0 fully saturated rings. The van der Waals surface area contributed by atoms with Crippen LogP contribution in [0.4, 0.5) is 5.69 Å². The molecule has 0 aliphatic heterocycles. The Morgan fingerprint density at radius 2 is 1.57 bits per heavy atom. The molecule has 4 N–H and O–H groups in total. The zero-order valence-electron chi connectivity index (χ0n) is 13.0. The lowest BCUT2D eigenvalue weighted by Gasteiger charge is -2.31. The van der Waals surface area contributed by atoms with Crippen LogP contribution in [-0.2, 0) is 4.79 Å². The number of hydrogen-bond donors (Lipinski definition) is 3. The average Bonchev–Trinajstić information content (AvgIpc) is 2.51. The molecule has 5 heteroatoms. The maximum atomic E-state index is 12.0. The topological polar surface area (TPSA) is 84.2 Å². The first-order valence-corrected chi connectivity index (χ1v) is 7.41. The van der Waals surface area contributed by atoms with E-state index in [9.17, 15) is 9.59 Å². The summed E-state index contributed by atoms with van der Waals surface area (Å²) < 4.78 is 0. The predicted octanol–water partition coefficient (Wildman–Crippen LogP) is 2.08. The molecule has 0 aliphatic carbocycles. The van der Waals surface area contributed by atoms with E-state index in [2.05, 4.69) is 31.4 Å². The fourth-order valence-electron chi connectivity index (χ4n) is 2.25. The van der Waals surface area contributed by atoms with E-state index in [1.54, 1.807) is 24.3 Å². The fraction of sp³-hybridized carbons (Fsp3) is 0.500. The van der Waals surface area contributed by atoms with Gasteiger partial charge >= 0.3 is 0 Å². The molecule has 21 heavy (non-hydrogen) atoms. The van der Waals surface area contributed by atoms with E-state index < -0.39 is 0 Å². The molecule has 1 rings (SSSR count). The van der Waals surface area contributed by atoms with Crippen LogP contribution in [0.15, 0.2) is 24.3 Å². The first-order chi connectivity index (χ1) is 9.96. The predicted molar refractivity (Wildman–Crippen MR) is 84.9 cm³/mol. The molecule has 116 valence electrons. The van der Waals surface area contributed by atoms with Gasteiger partial charge in [-0.05, 0) is 43.5 Å². The number of nitrogen functional groups attached to an aromatic ring is 1. The molecule has 2 amide bonds. The van der Waals surface area contributed by atoms with Crippen molar-refractivity contribution < 1.29 is 9.59 Å². The van der Waals surface area contributed by atoms with Gasteiger partial charge in [0.25, 0.3) is 5.91 Å². The number of carbonyl (C=O) groups excluding carboxylic acids is 2. The number of nitrogens with one attached hydrogen (secondary N) is 2. The van der Waals surface area contributed by atoms with Gasteiger partial charge in [0.05, 0.1) is 6.54 Å². The zero-order valence-corrected chi connectivity index (χ0v) is 13.0. The summed E-state index contributed by atoms with van der Waals surface area (Å²) in [6.07, 6.45) is 2.62. The lowest BCUT2D eigenvalue weighted by Crippen LogP contribution is -2.50. The second-order valence-corrected chi connectivity index (χ2v) is 5.19. The molecule has 0 atom stereocenters. The van der Waals surface area contributed by atoms with Crippen molar-refractivity contribution >= 4 is 17.5 Å². The molecular formula is C16H25N3O2. The minimum Gasteiger partial charge on any atom is -0.399 e. The van der Waals surface area contributed by atoms with Gasteiger partial charge in [0.15, 0.2) is 0 Å². The van der Waals surface area contributed by atoms with Gasteiger partial charge in [0.2, 0.25) is 5.91 Å². The Labute approximate surface area is 126 Å². The van der Waals surface area contributed by atoms with Crippen molar-refractivity contribution in [3.05, 3.63) is 29.8 Å². The number of amides is 2. The molecule has 0 unspecified atom stereocenters. The summed E-state index contributed by atoms with van der Waals surface area (Å²) in [7, 11) is 0. The Kier molecular flexibility index (Phi) is 6.21. The molecule has 0 saturated heterocycles. The molecule has 0 radical (unpaired) electrons. The normalized spacial score (nSPS) is 11.0. The van der Waals surface area contributed by atoms with E-state index in [1.807, 2.05) is 0 Å². The molecule has 0 aliphatic rings. The molecule has 5 nitrogen and oxygen atoms in total. The lowest BCUT2D eigenvalue weighted by atomic mass is 9.90. The Morgan fingerprint density at radius 3 is 2.05 bits per heavy atom. The van der Waals surface area contributed by atoms with Crippen molar-refractivity contribution in [1.82, 2.24) is 10.6 Å². The van der Waals surface area contributed by atoms with Crippen LogP contribution in [0.1, 0.15) is 50.4 Å². The van der Waals surface area contributed by atoms with E-state index in [1.165, 1.54) is 0 Å². The van der Waals surface area contributed by atoms with E-state index in [0.29, 0.717) is 11.3 Å². The highest BCUT2D eigenvalue weighted by atomic mass is 16.2. The summed E-state index contributed by atoms with van der Waals surface area (Å²) in [5.41, 5.74) is 6.48. The van der Waals surface area contributed by atoms with Crippen molar-refractivity contribution in [2.75, 3.05) is 12.3 Å². The third kappa shape index (κ3) is 4.77. The maximum absolute atomic E-state index is 12.0. The van der Waals surface area contributed by atoms with E-state index >= 15 is 0 Å². The Hall–Kier alpha value is -2.04. The molecule has 0 bridgehead atoms. The largest absolute Gasteiger partial charge is 0.399 e. The van der Waals surface area contributed by atoms with Crippen LogP contribution in [0.3, 0.4) is 0 Å². The third-order valence-electron chi connectivity index (χ3n) is 4.02. The highest BCUT2D eigenvalue weighted by Gasteiger charge is 2.25. The zero-order chi connectivity index (χ0) is 15.9. The highest BCUT2D eigenvalue weighted by Crippen LogP contribution is 2.18. The van der Waals surface area contributed by atoms with Crippen LogP contribution in [0.5, 0.6) is 0 Å². The van der Waals surface area contributed by atoms with E-state index in [4.69, 9.17) is 5.73 Å². The quantitative estimate of drug-likeness (QED) is 0.672. The molecular weight excluding hydrogens is 266 g/mol. The number of carbonyl (C=O) groups is 2. The van der Waals surface area contributed by atoms with Crippen molar-refractivity contribution in [1.29, 1.82) is 0 Å². The first kappa shape index (κ1) is 17.0. The number of rotatable bonds is 7. The van der Waals surface area contributed by atoms with Gasteiger partial charge in [-0.15, -0.1) is 0 Å². The number of nitrogens with two attached hydrogens (primary N) is 1. The van der Waals surface area contributed by atoms with Crippen LogP contribution in [0.2, 0.25) is 0 Å². The molecule has 0 aromatic heterocycles. The van der Waals surface area contributed by atoms with Gasteiger partial charge < -0.3 is 16.4 Å². The lowest BCUT2D eigenvalue weighted by molar-refractivity contribution is -0.122. The van der Waals surface area contributed by atoms with Crippen molar-refractivity contribution in [2.24, 2.45) is 0 Å². The molecule has 0 spiro atoms. The molecule has 1 aromatic rings. The third-order valence-corrected chi connectivity index (χ3v) is 4.02. The van der Waals surface area contributed by atoms with Crippen molar-refractivity contribution in [3.63, 3.8) is 0 Å². The summed E-state index contributed by atoms with van der Waals surface area (Å²) in [5.74, 6) is -0.440. The van der Waals surface area contributed by atoms with Crippen molar-refractivity contribution in [3.8, 4) is 0 Å². The Balaban J connectivity index is 2.53. The molecule has 0 saturated carbocycles. The van der Waals surface area contributed by atoms with Crippen LogP contribution >= 0.6 is 0 Å². The SMILES string of the molecule is CCC(CC)(CC)NC(=O)CNC(=O)c1ccc(N)cc1.